The molecule has 0 unspecified atom stereocenters. The van der Waals surface area contributed by atoms with Crippen LogP contribution in [0.1, 0.15) is 33.2 Å². The van der Waals surface area contributed by atoms with Crippen molar-refractivity contribution in [3.8, 4) is 5.75 Å². The van der Waals surface area contributed by atoms with Gasteiger partial charge in [0.2, 0.25) is 0 Å². The zero-order chi connectivity index (χ0) is 21.5. The summed E-state index contributed by atoms with van der Waals surface area (Å²) in [6.07, 6.45) is 0. The topological polar surface area (TPSA) is 58.6 Å². The fourth-order valence-corrected chi connectivity index (χ4v) is 3.43. The highest BCUT2D eigenvalue weighted by molar-refractivity contribution is 9.10. The van der Waals surface area contributed by atoms with Crippen LogP contribution < -0.4 is 10.1 Å². The molecule has 30 heavy (non-hydrogen) atoms. The Hall–Kier alpha value is -3.12. The molecule has 0 aliphatic heterocycles. The number of ether oxygens (including phenoxy) is 1. The van der Waals surface area contributed by atoms with E-state index in [2.05, 4.69) is 21.2 Å². The molecule has 0 fully saturated rings. The lowest BCUT2D eigenvalue weighted by Gasteiger charge is -2.20. The van der Waals surface area contributed by atoms with Crippen LogP contribution >= 0.6 is 15.9 Å². The van der Waals surface area contributed by atoms with E-state index in [0.29, 0.717) is 35.7 Å². The molecular formula is C24H23BrN2O3. The molecule has 0 spiro atoms. The van der Waals surface area contributed by atoms with Crippen molar-refractivity contribution in [3.63, 3.8) is 0 Å². The van der Waals surface area contributed by atoms with Gasteiger partial charge in [-0.3, -0.25) is 9.59 Å². The largest absolute Gasteiger partial charge is 0.493 e. The van der Waals surface area contributed by atoms with Crippen molar-refractivity contribution in [3.05, 3.63) is 94.0 Å². The van der Waals surface area contributed by atoms with Gasteiger partial charge < -0.3 is 15.0 Å². The fraction of sp³-hybridized carbons (Fsp3) is 0.167. The molecule has 6 heteroatoms. The molecule has 3 aromatic rings. The van der Waals surface area contributed by atoms with E-state index in [1.54, 1.807) is 48.3 Å². The second kappa shape index (κ2) is 10.1. The SMILES string of the molecule is CCOc1ccc(Br)cc1C(=O)Nc1ccccc1C(=O)N(C)Cc1ccccc1. The van der Waals surface area contributed by atoms with Gasteiger partial charge in [-0.15, -0.1) is 0 Å². The predicted octanol–water partition coefficient (Wildman–Crippen LogP) is 5.37. The summed E-state index contributed by atoms with van der Waals surface area (Å²) >= 11 is 3.39. The Bertz CT molecular complexity index is 1040. The number of anilines is 1. The van der Waals surface area contributed by atoms with Gasteiger partial charge in [0.15, 0.2) is 0 Å². The summed E-state index contributed by atoms with van der Waals surface area (Å²) in [5.74, 6) is -0.0251. The number of carbonyl (C=O) groups excluding carboxylic acids is 2. The summed E-state index contributed by atoms with van der Waals surface area (Å²) in [7, 11) is 1.75. The normalized spacial score (nSPS) is 10.4. The van der Waals surface area contributed by atoms with Crippen LogP contribution in [0.3, 0.4) is 0 Å². The summed E-state index contributed by atoms with van der Waals surface area (Å²) in [4.78, 5) is 27.6. The van der Waals surface area contributed by atoms with Crippen molar-refractivity contribution >= 4 is 33.4 Å². The molecule has 0 saturated heterocycles. The molecule has 154 valence electrons. The van der Waals surface area contributed by atoms with Gasteiger partial charge in [-0.25, -0.2) is 0 Å². The molecule has 0 aromatic heterocycles. The molecule has 2 amide bonds. The van der Waals surface area contributed by atoms with Crippen LogP contribution in [0, 0.1) is 0 Å². The van der Waals surface area contributed by atoms with E-state index in [1.807, 2.05) is 43.3 Å². The summed E-state index contributed by atoms with van der Waals surface area (Å²) < 4.78 is 6.34. The number of nitrogens with zero attached hydrogens (tertiary/aromatic N) is 1. The van der Waals surface area contributed by atoms with Crippen LogP contribution in [0.2, 0.25) is 0 Å². The number of para-hydroxylation sites is 1. The van der Waals surface area contributed by atoms with Gasteiger partial charge in [0.25, 0.3) is 11.8 Å². The number of rotatable bonds is 7. The summed E-state index contributed by atoms with van der Waals surface area (Å²) in [5.41, 5.74) is 2.31. The molecular weight excluding hydrogens is 444 g/mol. The third-order valence-electron chi connectivity index (χ3n) is 4.50. The zero-order valence-corrected chi connectivity index (χ0v) is 18.5. The minimum atomic E-state index is -0.342. The Labute approximate surface area is 184 Å². The molecule has 5 nitrogen and oxygen atoms in total. The van der Waals surface area contributed by atoms with Gasteiger partial charge in [0.05, 0.1) is 23.4 Å². The molecule has 0 atom stereocenters. The van der Waals surface area contributed by atoms with Crippen LogP contribution in [-0.2, 0) is 6.54 Å². The van der Waals surface area contributed by atoms with E-state index >= 15 is 0 Å². The van der Waals surface area contributed by atoms with E-state index in [9.17, 15) is 9.59 Å². The van der Waals surface area contributed by atoms with Crippen LogP contribution in [-0.4, -0.2) is 30.4 Å². The van der Waals surface area contributed by atoms with Gasteiger partial charge >= 0.3 is 0 Å². The molecule has 0 aliphatic rings. The zero-order valence-electron chi connectivity index (χ0n) is 16.9. The van der Waals surface area contributed by atoms with Gasteiger partial charge in [-0.05, 0) is 42.8 Å². The van der Waals surface area contributed by atoms with Crippen LogP contribution in [0.15, 0.2) is 77.3 Å². The van der Waals surface area contributed by atoms with Gasteiger partial charge in [-0.2, -0.15) is 0 Å². The highest BCUT2D eigenvalue weighted by atomic mass is 79.9. The van der Waals surface area contributed by atoms with E-state index < -0.39 is 0 Å². The standard InChI is InChI=1S/C24H23BrN2O3/c1-3-30-22-14-13-18(25)15-20(22)23(28)26-21-12-8-7-11-19(21)24(29)27(2)16-17-9-5-4-6-10-17/h4-15H,3,16H2,1-2H3,(H,26,28). The van der Waals surface area contributed by atoms with Crippen molar-refractivity contribution in [1.29, 1.82) is 0 Å². The second-order valence-corrected chi connectivity index (χ2v) is 7.64. The first-order valence-electron chi connectivity index (χ1n) is 9.61. The number of nitrogens with one attached hydrogen (secondary N) is 1. The Kier molecular flexibility index (Phi) is 7.25. The first kappa shape index (κ1) is 21.6. The first-order chi connectivity index (χ1) is 14.5. The van der Waals surface area contributed by atoms with E-state index in [4.69, 9.17) is 4.74 Å². The van der Waals surface area contributed by atoms with Gasteiger partial charge in [-0.1, -0.05) is 58.4 Å². The predicted molar refractivity (Wildman–Crippen MR) is 122 cm³/mol. The number of benzene rings is 3. The number of amides is 2. The van der Waals surface area contributed by atoms with Crippen molar-refractivity contribution in [1.82, 2.24) is 4.90 Å². The van der Waals surface area contributed by atoms with E-state index in [1.165, 1.54) is 0 Å². The molecule has 1 N–H and O–H groups in total. The van der Waals surface area contributed by atoms with Crippen molar-refractivity contribution < 1.29 is 14.3 Å². The molecule has 3 rings (SSSR count). The quantitative estimate of drug-likeness (QED) is 0.508. The summed E-state index contributed by atoms with van der Waals surface area (Å²) in [6.45, 7) is 2.78. The maximum atomic E-state index is 13.1. The monoisotopic (exact) mass is 466 g/mol. The molecule has 3 aromatic carbocycles. The highest BCUT2D eigenvalue weighted by Crippen LogP contribution is 2.26. The van der Waals surface area contributed by atoms with E-state index in [-0.39, 0.29) is 11.8 Å². The van der Waals surface area contributed by atoms with Crippen LogP contribution in [0.5, 0.6) is 5.75 Å². The molecule has 0 aliphatic carbocycles. The van der Waals surface area contributed by atoms with Crippen LogP contribution in [0.25, 0.3) is 0 Å². The molecule has 0 bridgehead atoms. The lowest BCUT2D eigenvalue weighted by atomic mass is 10.1. The molecule has 0 radical (unpaired) electrons. The number of halogens is 1. The summed E-state index contributed by atoms with van der Waals surface area (Å²) in [5, 5.41) is 2.87. The maximum Gasteiger partial charge on any atom is 0.259 e. The minimum Gasteiger partial charge on any atom is -0.493 e. The Morgan fingerprint density at radius 2 is 1.67 bits per heavy atom. The van der Waals surface area contributed by atoms with Crippen molar-refractivity contribution in [2.75, 3.05) is 19.0 Å². The average Bonchev–Trinajstić information content (AvgIpc) is 2.75. The third kappa shape index (κ3) is 5.27. The molecule has 0 saturated carbocycles. The summed E-state index contributed by atoms with van der Waals surface area (Å²) in [6, 6.07) is 22.0. The molecule has 0 heterocycles. The number of hydrogen-bond acceptors (Lipinski definition) is 3. The lowest BCUT2D eigenvalue weighted by Crippen LogP contribution is -2.27. The van der Waals surface area contributed by atoms with Crippen molar-refractivity contribution in [2.24, 2.45) is 0 Å². The number of hydrogen-bond donors (Lipinski definition) is 1. The number of carbonyl (C=O) groups is 2. The fourth-order valence-electron chi connectivity index (χ4n) is 3.06. The smallest absolute Gasteiger partial charge is 0.259 e. The average molecular weight is 467 g/mol. The van der Waals surface area contributed by atoms with Crippen LogP contribution in [0.4, 0.5) is 5.69 Å². The van der Waals surface area contributed by atoms with Gasteiger partial charge in [0, 0.05) is 18.1 Å². The Balaban J connectivity index is 1.82. The second-order valence-electron chi connectivity index (χ2n) is 6.72. The van der Waals surface area contributed by atoms with Crippen molar-refractivity contribution in [2.45, 2.75) is 13.5 Å². The highest BCUT2D eigenvalue weighted by Gasteiger charge is 2.19. The Morgan fingerprint density at radius 1 is 0.967 bits per heavy atom. The minimum absolute atomic E-state index is 0.172. The Morgan fingerprint density at radius 3 is 2.40 bits per heavy atom. The maximum absolute atomic E-state index is 13.1. The third-order valence-corrected chi connectivity index (χ3v) is 4.99. The van der Waals surface area contributed by atoms with E-state index in [0.717, 1.165) is 10.0 Å². The first-order valence-corrected chi connectivity index (χ1v) is 10.4. The van der Waals surface area contributed by atoms with Gasteiger partial charge in [0.1, 0.15) is 5.75 Å². The lowest BCUT2D eigenvalue weighted by molar-refractivity contribution is 0.0786.